The molecule has 0 spiro atoms. The number of carbonyl (C=O) groups is 1. The van der Waals surface area contributed by atoms with Crippen molar-refractivity contribution in [2.45, 2.75) is 13.8 Å². The molecule has 0 aliphatic carbocycles. The number of rotatable bonds is 4. The van der Waals surface area contributed by atoms with Gasteiger partial charge in [0.1, 0.15) is 5.02 Å². The Morgan fingerprint density at radius 2 is 2.17 bits per heavy atom. The van der Waals surface area contributed by atoms with E-state index in [4.69, 9.17) is 11.6 Å². The SMILES string of the molecule is Cc1cn2c(/C=C/C(=O)c3ccc(Cl)c([N+](=O)[O-])c3)c(C)nc2s1. The van der Waals surface area contributed by atoms with Crippen LogP contribution in [0.25, 0.3) is 11.0 Å². The van der Waals surface area contributed by atoms with E-state index in [0.29, 0.717) is 0 Å². The van der Waals surface area contributed by atoms with Crippen LogP contribution in [0.15, 0.2) is 30.5 Å². The van der Waals surface area contributed by atoms with Gasteiger partial charge in [-0.15, -0.1) is 11.3 Å². The summed E-state index contributed by atoms with van der Waals surface area (Å²) in [6, 6.07) is 4.00. The molecular formula is C16H12ClN3O3S. The lowest BCUT2D eigenvalue weighted by atomic mass is 10.1. The molecule has 8 heteroatoms. The summed E-state index contributed by atoms with van der Waals surface area (Å²) in [6.07, 6.45) is 5.01. The van der Waals surface area contributed by atoms with E-state index in [0.717, 1.165) is 21.2 Å². The van der Waals surface area contributed by atoms with Gasteiger partial charge >= 0.3 is 0 Å². The zero-order chi connectivity index (χ0) is 17.4. The second-order valence-corrected chi connectivity index (χ2v) is 6.82. The molecule has 0 amide bonds. The van der Waals surface area contributed by atoms with Gasteiger partial charge in [0.05, 0.1) is 16.3 Å². The zero-order valence-electron chi connectivity index (χ0n) is 12.8. The van der Waals surface area contributed by atoms with E-state index in [9.17, 15) is 14.9 Å². The summed E-state index contributed by atoms with van der Waals surface area (Å²) in [5, 5.41) is 10.9. The van der Waals surface area contributed by atoms with E-state index in [1.807, 2.05) is 24.4 Å². The van der Waals surface area contributed by atoms with E-state index in [1.54, 1.807) is 17.4 Å². The quantitative estimate of drug-likeness (QED) is 0.297. The first-order valence-corrected chi connectivity index (χ1v) is 8.17. The second kappa shape index (κ2) is 6.18. The van der Waals surface area contributed by atoms with Gasteiger partial charge in [0.15, 0.2) is 10.7 Å². The van der Waals surface area contributed by atoms with Gasteiger partial charge in [0.25, 0.3) is 5.69 Å². The fourth-order valence-electron chi connectivity index (χ4n) is 2.34. The number of carbonyl (C=O) groups excluding carboxylic acids is 1. The third-order valence-electron chi connectivity index (χ3n) is 3.48. The Kier molecular flexibility index (Phi) is 4.21. The highest BCUT2D eigenvalue weighted by molar-refractivity contribution is 7.17. The number of nitro groups is 1. The molecule has 0 bridgehead atoms. The van der Waals surface area contributed by atoms with E-state index in [1.165, 1.54) is 24.3 Å². The predicted molar refractivity (Wildman–Crippen MR) is 94.0 cm³/mol. The molecule has 0 radical (unpaired) electrons. The summed E-state index contributed by atoms with van der Waals surface area (Å²) in [5.41, 5.74) is 1.55. The first-order chi connectivity index (χ1) is 11.4. The maximum absolute atomic E-state index is 12.3. The fraction of sp³-hybridized carbons (Fsp3) is 0.125. The number of halogens is 1. The highest BCUT2D eigenvalue weighted by Gasteiger charge is 2.15. The van der Waals surface area contributed by atoms with Gasteiger partial charge in [-0.1, -0.05) is 11.6 Å². The smallest absolute Gasteiger partial charge is 0.288 e. The van der Waals surface area contributed by atoms with E-state index in [-0.39, 0.29) is 22.1 Å². The van der Waals surface area contributed by atoms with Crippen molar-refractivity contribution in [3.8, 4) is 0 Å². The van der Waals surface area contributed by atoms with Crippen molar-refractivity contribution in [1.82, 2.24) is 9.38 Å². The van der Waals surface area contributed by atoms with Crippen molar-refractivity contribution in [1.29, 1.82) is 0 Å². The Labute approximate surface area is 146 Å². The van der Waals surface area contributed by atoms with E-state index in [2.05, 4.69) is 4.98 Å². The van der Waals surface area contributed by atoms with Crippen LogP contribution in [0.5, 0.6) is 0 Å². The lowest BCUT2D eigenvalue weighted by Crippen LogP contribution is -1.97. The van der Waals surface area contributed by atoms with Crippen molar-refractivity contribution in [3.63, 3.8) is 0 Å². The number of hydrogen-bond acceptors (Lipinski definition) is 5. The van der Waals surface area contributed by atoms with Crippen molar-refractivity contribution in [2.24, 2.45) is 0 Å². The molecule has 2 aromatic heterocycles. The standard InChI is InChI=1S/C16H12ClN3O3S/c1-9-8-19-13(10(2)18-16(19)24-9)5-6-15(21)11-3-4-12(17)14(7-11)20(22)23/h3-8H,1-2H3/b6-5+. The molecule has 3 rings (SSSR count). The summed E-state index contributed by atoms with van der Waals surface area (Å²) >= 11 is 7.33. The number of nitro benzene ring substituents is 1. The van der Waals surface area contributed by atoms with Crippen LogP contribution in [-0.4, -0.2) is 20.1 Å². The minimum atomic E-state index is -0.610. The predicted octanol–water partition coefficient (Wildman–Crippen LogP) is 4.47. The third kappa shape index (κ3) is 2.95. The van der Waals surface area contributed by atoms with Crippen LogP contribution in [0.1, 0.15) is 26.6 Å². The molecule has 3 aromatic rings. The summed E-state index contributed by atoms with van der Waals surface area (Å²) in [5.74, 6) is -0.337. The third-order valence-corrected chi connectivity index (χ3v) is 4.70. The van der Waals surface area contributed by atoms with E-state index >= 15 is 0 Å². The van der Waals surface area contributed by atoms with Crippen LogP contribution in [0.3, 0.4) is 0 Å². The number of aromatic nitrogens is 2. The van der Waals surface area contributed by atoms with Crippen LogP contribution in [0.2, 0.25) is 5.02 Å². The number of thiazole rings is 1. The molecule has 0 saturated heterocycles. The normalized spacial score (nSPS) is 11.5. The van der Waals surface area contributed by atoms with Gasteiger partial charge < -0.3 is 0 Å². The molecule has 0 aliphatic rings. The van der Waals surface area contributed by atoms with Crippen LogP contribution in [-0.2, 0) is 0 Å². The van der Waals surface area contributed by atoms with Gasteiger partial charge in [-0.2, -0.15) is 0 Å². The molecule has 0 N–H and O–H groups in total. The average Bonchev–Trinajstić information content (AvgIpc) is 3.00. The van der Waals surface area contributed by atoms with Gasteiger partial charge in [0, 0.05) is 22.7 Å². The van der Waals surface area contributed by atoms with E-state index < -0.39 is 4.92 Å². The zero-order valence-corrected chi connectivity index (χ0v) is 14.4. The highest BCUT2D eigenvalue weighted by atomic mass is 35.5. The van der Waals surface area contributed by atoms with Gasteiger partial charge in [-0.05, 0) is 38.1 Å². The molecule has 2 heterocycles. The Hall–Kier alpha value is -2.51. The first-order valence-electron chi connectivity index (χ1n) is 6.98. The largest absolute Gasteiger partial charge is 0.290 e. The summed E-state index contributed by atoms with van der Waals surface area (Å²) < 4.78 is 1.92. The lowest BCUT2D eigenvalue weighted by molar-refractivity contribution is -0.384. The molecule has 0 aliphatic heterocycles. The Morgan fingerprint density at radius 3 is 2.88 bits per heavy atom. The molecule has 1 aromatic carbocycles. The average molecular weight is 362 g/mol. The summed E-state index contributed by atoms with van der Waals surface area (Å²) in [6.45, 7) is 3.85. The maximum atomic E-state index is 12.3. The van der Waals surface area contributed by atoms with Crippen molar-refractivity contribution >= 4 is 45.4 Å². The van der Waals surface area contributed by atoms with Gasteiger partial charge in [-0.25, -0.2) is 4.98 Å². The van der Waals surface area contributed by atoms with Crippen LogP contribution < -0.4 is 0 Å². The van der Waals surface area contributed by atoms with Crippen LogP contribution in [0.4, 0.5) is 5.69 Å². The van der Waals surface area contributed by atoms with Crippen molar-refractivity contribution in [2.75, 3.05) is 0 Å². The Bertz CT molecular complexity index is 1000. The van der Waals surface area contributed by atoms with Gasteiger partial charge in [0.2, 0.25) is 0 Å². The number of nitrogens with zero attached hydrogens (tertiary/aromatic N) is 3. The van der Waals surface area contributed by atoms with Gasteiger partial charge in [-0.3, -0.25) is 19.3 Å². The molecule has 24 heavy (non-hydrogen) atoms. The highest BCUT2D eigenvalue weighted by Crippen LogP contribution is 2.26. The number of imidazole rings is 1. The molecule has 6 nitrogen and oxygen atoms in total. The molecular weight excluding hydrogens is 350 g/mol. The lowest BCUT2D eigenvalue weighted by Gasteiger charge is -1.99. The summed E-state index contributed by atoms with van der Waals surface area (Å²) in [4.78, 5) is 29.0. The number of ketones is 1. The van der Waals surface area contributed by atoms with Crippen molar-refractivity contribution < 1.29 is 9.72 Å². The molecule has 0 atom stereocenters. The molecule has 122 valence electrons. The molecule has 0 fully saturated rings. The van der Waals surface area contributed by atoms with Crippen LogP contribution in [0, 0.1) is 24.0 Å². The molecule has 0 unspecified atom stereocenters. The van der Waals surface area contributed by atoms with Crippen LogP contribution >= 0.6 is 22.9 Å². The topological polar surface area (TPSA) is 77.5 Å². The fourth-order valence-corrected chi connectivity index (χ4v) is 3.40. The monoisotopic (exact) mass is 361 g/mol. The Balaban J connectivity index is 1.94. The molecule has 0 saturated carbocycles. The Morgan fingerprint density at radius 1 is 1.42 bits per heavy atom. The van der Waals surface area contributed by atoms with Crippen molar-refractivity contribution in [3.05, 3.63) is 67.4 Å². The number of fused-ring (bicyclic) bond motifs is 1. The first kappa shape index (κ1) is 16.4. The number of allylic oxidation sites excluding steroid dienone is 1. The summed E-state index contributed by atoms with van der Waals surface area (Å²) in [7, 11) is 0. The number of hydrogen-bond donors (Lipinski definition) is 0. The second-order valence-electron chi connectivity index (χ2n) is 5.20. The number of aryl methyl sites for hydroxylation is 2. The maximum Gasteiger partial charge on any atom is 0.288 e. The minimum Gasteiger partial charge on any atom is -0.290 e. The number of benzene rings is 1. The minimum absolute atomic E-state index is 0.00243.